The summed E-state index contributed by atoms with van der Waals surface area (Å²) in [5, 5.41) is 13.2. The van der Waals surface area contributed by atoms with E-state index >= 15 is 0 Å². The first-order valence-electron chi connectivity index (χ1n) is 12.1. The minimum atomic E-state index is -0.128. The number of benzene rings is 1. The summed E-state index contributed by atoms with van der Waals surface area (Å²) in [6.07, 6.45) is 7.79. The lowest BCUT2D eigenvalue weighted by molar-refractivity contribution is 0.229. The normalized spacial score (nSPS) is 15.7. The molecule has 1 aliphatic rings. The highest BCUT2D eigenvalue weighted by atomic mass is 16.5. The Bertz CT molecular complexity index is 1450. The third-order valence-electron chi connectivity index (χ3n) is 7.03. The Morgan fingerprint density at radius 1 is 1.06 bits per heavy atom. The van der Waals surface area contributed by atoms with Gasteiger partial charge >= 0.3 is 0 Å². The van der Waals surface area contributed by atoms with Crippen molar-refractivity contribution >= 4 is 27.8 Å². The molecule has 1 atom stereocenters. The molecule has 1 saturated heterocycles. The SMILES string of the molecule is CNC1CCN(c2ccc(-c3n[nH]c4ccc(OC(C)c5ccnc6[nH]ccc56)cc34)cn2)CC1. The van der Waals surface area contributed by atoms with Crippen LogP contribution < -0.4 is 15.0 Å². The maximum atomic E-state index is 6.35. The van der Waals surface area contributed by atoms with Gasteiger partial charge in [-0.05, 0) is 69.3 Å². The number of pyridine rings is 2. The van der Waals surface area contributed by atoms with E-state index in [1.807, 2.05) is 49.9 Å². The van der Waals surface area contributed by atoms with Crippen molar-refractivity contribution in [1.82, 2.24) is 30.5 Å². The molecule has 1 unspecified atom stereocenters. The quantitative estimate of drug-likeness (QED) is 0.331. The molecule has 178 valence electrons. The molecular weight excluding hydrogens is 438 g/mol. The number of hydrogen-bond donors (Lipinski definition) is 3. The molecule has 3 N–H and O–H groups in total. The summed E-state index contributed by atoms with van der Waals surface area (Å²) in [5.74, 6) is 1.82. The fraction of sp³-hybridized carbons (Fsp3) is 0.296. The van der Waals surface area contributed by atoms with Gasteiger partial charge in [0.25, 0.3) is 0 Å². The van der Waals surface area contributed by atoms with E-state index in [2.05, 4.69) is 55.5 Å². The van der Waals surface area contributed by atoms with E-state index in [0.29, 0.717) is 6.04 Å². The molecule has 1 aliphatic heterocycles. The maximum absolute atomic E-state index is 6.35. The molecule has 8 heteroatoms. The van der Waals surface area contributed by atoms with E-state index in [1.54, 1.807) is 0 Å². The second-order valence-electron chi connectivity index (χ2n) is 9.13. The minimum absolute atomic E-state index is 0.128. The van der Waals surface area contributed by atoms with Crippen LogP contribution in [-0.4, -0.2) is 51.3 Å². The molecule has 1 aromatic carbocycles. The Kier molecular flexibility index (Phi) is 5.58. The average Bonchev–Trinajstić information content (AvgIpc) is 3.56. The fourth-order valence-corrected chi connectivity index (χ4v) is 5.00. The zero-order valence-corrected chi connectivity index (χ0v) is 20.0. The predicted molar refractivity (Wildman–Crippen MR) is 139 cm³/mol. The van der Waals surface area contributed by atoms with Gasteiger partial charge in [-0.25, -0.2) is 9.97 Å². The number of fused-ring (bicyclic) bond motifs is 2. The number of aromatic nitrogens is 5. The van der Waals surface area contributed by atoms with Crippen molar-refractivity contribution < 1.29 is 4.74 Å². The highest BCUT2D eigenvalue weighted by molar-refractivity contribution is 5.93. The number of nitrogens with zero attached hydrogens (tertiary/aromatic N) is 4. The molecule has 5 heterocycles. The van der Waals surface area contributed by atoms with Crippen LogP contribution in [-0.2, 0) is 0 Å². The lowest BCUT2D eigenvalue weighted by Crippen LogP contribution is -2.41. The molecule has 1 fully saturated rings. The first-order chi connectivity index (χ1) is 17.2. The summed E-state index contributed by atoms with van der Waals surface area (Å²) in [4.78, 5) is 14.7. The monoisotopic (exact) mass is 467 g/mol. The van der Waals surface area contributed by atoms with Crippen LogP contribution in [0.4, 0.5) is 5.82 Å². The maximum Gasteiger partial charge on any atom is 0.137 e. The summed E-state index contributed by atoms with van der Waals surface area (Å²) in [6.45, 7) is 4.10. The van der Waals surface area contributed by atoms with Crippen molar-refractivity contribution in [3.8, 4) is 17.0 Å². The van der Waals surface area contributed by atoms with Gasteiger partial charge in [0.15, 0.2) is 0 Å². The molecular formula is C27H29N7O. The molecule has 6 rings (SSSR count). The topological polar surface area (TPSA) is 94.8 Å². The summed E-state index contributed by atoms with van der Waals surface area (Å²) in [5.41, 5.74) is 4.80. The number of aromatic amines is 2. The van der Waals surface area contributed by atoms with E-state index in [9.17, 15) is 0 Å². The zero-order chi connectivity index (χ0) is 23.8. The van der Waals surface area contributed by atoms with Gasteiger partial charge in [0.2, 0.25) is 0 Å². The second kappa shape index (κ2) is 9.03. The van der Waals surface area contributed by atoms with E-state index in [4.69, 9.17) is 9.72 Å². The van der Waals surface area contributed by atoms with E-state index in [1.165, 1.54) is 0 Å². The van der Waals surface area contributed by atoms with Crippen molar-refractivity contribution in [3.05, 3.63) is 66.6 Å². The number of rotatable bonds is 6. The van der Waals surface area contributed by atoms with Crippen molar-refractivity contribution in [3.63, 3.8) is 0 Å². The Labute approximate surface area is 203 Å². The van der Waals surface area contributed by atoms with Crippen LogP contribution in [0.1, 0.15) is 31.4 Å². The number of anilines is 1. The first-order valence-corrected chi connectivity index (χ1v) is 12.1. The summed E-state index contributed by atoms with van der Waals surface area (Å²) >= 11 is 0. The Hall–Kier alpha value is -3.91. The van der Waals surface area contributed by atoms with Crippen LogP contribution in [0.2, 0.25) is 0 Å². The van der Waals surface area contributed by atoms with Gasteiger partial charge in [0, 0.05) is 59.6 Å². The lowest BCUT2D eigenvalue weighted by atomic mass is 10.1. The smallest absolute Gasteiger partial charge is 0.137 e. The van der Waals surface area contributed by atoms with Crippen LogP contribution in [0.5, 0.6) is 5.75 Å². The molecule has 4 aromatic heterocycles. The molecule has 5 aromatic rings. The van der Waals surface area contributed by atoms with Crippen LogP contribution in [0.25, 0.3) is 33.2 Å². The molecule has 8 nitrogen and oxygen atoms in total. The van der Waals surface area contributed by atoms with Crippen LogP contribution in [0.3, 0.4) is 0 Å². The fourth-order valence-electron chi connectivity index (χ4n) is 5.00. The van der Waals surface area contributed by atoms with Crippen LogP contribution >= 0.6 is 0 Å². The molecule has 0 spiro atoms. The lowest BCUT2D eigenvalue weighted by Gasteiger charge is -2.32. The second-order valence-corrected chi connectivity index (χ2v) is 9.13. The highest BCUT2D eigenvalue weighted by Gasteiger charge is 2.19. The number of hydrogen-bond acceptors (Lipinski definition) is 6. The average molecular weight is 468 g/mol. The number of ether oxygens (including phenoxy) is 1. The molecule has 0 bridgehead atoms. The zero-order valence-electron chi connectivity index (χ0n) is 20.0. The van der Waals surface area contributed by atoms with Crippen LogP contribution in [0, 0.1) is 0 Å². The Morgan fingerprint density at radius 2 is 1.94 bits per heavy atom. The van der Waals surface area contributed by atoms with Gasteiger partial charge in [0.1, 0.15) is 29.0 Å². The van der Waals surface area contributed by atoms with Gasteiger partial charge < -0.3 is 19.9 Å². The van der Waals surface area contributed by atoms with Gasteiger partial charge in [-0.1, -0.05) is 0 Å². The molecule has 0 radical (unpaired) electrons. The van der Waals surface area contributed by atoms with Gasteiger partial charge in [0.05, 0.1) is 5.52 Å². The third kappa shape index (κ3) is 4.10. The van der Waals surface area contributed by atoms with E-state index < -0.39 is 0 Å². The molecule has 0 saturated carbocycles. The van der Waals surface area contributed by atoms with Crippen molar-refractivity contribution in [2.24, 2.45) is 0 Å². The molecule has 0 amide bonds. The number of piperidine rings is 1. The molecule has 0 aliphatic carbocycles. The Morgan fingerprint density at radius 3 is 2.74 bits per heavy atom. The third-order valence-corrected chi connectivity index (χ3v) is 7.03. The standard InChI is InChI=1S/C27H29N7O/c1-17(21-7-11-29-27-22(21)8-12-30-27)35-20-4-5-24-23(15-20)26(33-32-24)18-3-6-25(31-16-18)34-13-9-19(28-2)10-14-34/h3-8,11-12,15-17,19,28H,9-10,13-14H2,1-2H3,(H,29,30)(H,32,33). The number of nitrogens with one attached hydrogen (secondary N) is 3. The molecule has 35 heavy (non-hydrogen) atoms. The van der Waals surface area contributed by atoms with Crippen molar-refractivity contribution in [2.45, 2.75) is 31.9 Å². The summed E-state index contributed by atoms with van der Waals surface area (Å²) in [6, 6.07) is 14.9. The van der Waals surface area contributed by atoms with Crippen molar-refractivity contribution in [2.75, 3.05) is 25.0 Å². The van der Waals surface area contributed by atoms with E-state index in [0.717, 1.165) is 76.3 Å². The first kappa shape index (κ1) is 21.6. The summed E-state index contributed by atoms with van der Waals surface area (Å²) < 4.78 is 6.35. The predicted octanol–water partition coefficient (Wildman–Crippen LogP) is 4.83. The van der Waals surface area contributed by atoms with Crippen LogP contribution in [0.15, 0.2) is 61.1 Å². The van der Waals surface area contributed by atoms with Gasteiger partial charge in [-0.3, -0.25) is 5.10 Å². The van der Waals surface area contributed by atoms with Gasteiger partial charge in [-0.2, -0.15) is 5.10 Å². The minimum Gasteiger partial charge on any atom is -0.486 e. The largest absolute Gasteiger partial charge is 0.486 e. The number of H-pyrrole nitrogens is 2. The van der Waals surface area contributed by atoms with Gasteiger partial charge in [-0.15, -0.1) is 0 Å². The van der Waals surface area contributed by atoms with E-state index in [-0.39, 0.29) is 6.10 Å². The Balaban J connectivity index is 1.24. The highest BCUT2D eigenvalue weighted by Crippen LogP contribution is 2.32. The summed E-state index contributed by atoms with van der Waals surface area (Å²) in [7, 11) is 2.04. The van der Waals surface area contributed by atoms with Crippen molar-refractivity contribution in [1.29, 1.82) is 0 Å².